The van der Waals surface area contributed by atoms with E-state index in [4.69, 9.17) is 0 Å². The lowest BCUT2D eigenvalue weighted by Gasteiger charge is -2.43. The van der Waals surface area contributed by atoms with E-state index in [1.54, 1.807) is 6.07 Å². The minimum absolute atomic E-state index is 0.0481. The summed E-state index contributed by atoms with van der Waals surface area (Å²) < 4.78 is 27.2. The third-order valence-corrected chi connectivity index (χ3v) is 7.51. The molecule has 1 saturated heterocycles. The maximum Gasteiger partial charge on any atom is 0.325 e. The first-order chi connectivity index (χ1) is 16.4. The number of rotatable bonds is 6. The molecule has 0 unspecified atom stereocenters. The van der Waals surface area contributed by atoms with Crippen molar-refractivity contribution in [1.29, 1.82) is 0 Å². The van der Waals surface area contributed by atoms with Gasteiger partial charge in [-0.1, -0.05) is 20.8 Å². The average molecular weight is 501 g/mol. The summed E-state index contributed by atoms with van der Waals surface area (Å²) in [6, 6.07) is 6.44. The van der Waals surface area contributed by atoms with E-state index in [9.17, 15) is 22.8 Å². The van der Waals surface area contributed by atoms with Crippen LogP contribution in [0.3, 0.4) is 0 Å². The number of urea groups is 1. The summed E-state index contributed by atoms with van der Waals surface area (Å²) in [6.07, 6.45) is 4.83. The Bertz CT molecular complexity index is 1250. The molecule has 1 spiro atoms. The molecule has 2 aliphatic rings. The highest BCUT2D eigenvalue weighted by Crippen LogP contribution is 2.46. The van der Waals surface area contributed by atoms with Crippen molar-refractivity contribution in [2.45, 2.75) is 50.5 Å². The molecule has 12 heteroatoms. The molecule has 0 radical (unpaired) electrons. The highest BCUT2D eigenvalue weighted by atomic mass is 32.2. The van der Waals surface area contributed by atoms with Gasteiger partial charge in [0.15, 0.2) is 0 Å². The second-order valence-corrected chi connectivity index (χ2v) is 11.7. The van der Waals surface area contributed by atoms with E-state index in [2.05, 4.69) is 46.1 Å². The molecule has 2 aromatic rings. The van der Waals surface area contributed by atoms with Gasteiger partial charge in [0.05, 0.1) is 4.90 Å². The van der Waals surface area contributed by atoms with Gasteiger partial charge in [-0.05, 0) is 60.9 Å². The van der Waals surface area contributed by atoms with Crippen LogP contribution in [0.25, 0.3) is 0 Å². The van der Waals surface area contributed by atoms with E-state index < -0.39 is 34.0 Å². The van der Waals surface area contributed by atoms with Crippen LogP contribution in [0.15, 0.2) is 47.6 Å². The van der Waals surface area contributed by atoms with Crippen LogP contribution in [-0.4, -0.2) is 53.2 Å². The largest absolute Gasteiger partial charge is 0.325 e. The number of amides is 4. The van der Waals surface area contributed by atoms with Gasteiger partial charge in [0.25, 0.3) is 15.9 Å². The summed E-state index contributed by atoms with van der Waals surface area (Å²) in [7, 11) is -3.92. The molecular formula is C23H28N6O5S. The molecule has 11 nitrogen and oxygen atoms in total. The number of carbonyl (C=O) groups is 3. The summed E-state index contributed by atoms with van der Waals surface area (Å²) in [5.74, 6) is -0.755. The number of hydrogen-bond donors (Lipinski definition) is 3. The van der Waals surface area contributed by atoms with Gasteiger partial charge in [-0.2, -0.15) is 0 Å². The molecule has 1 aromatic carbocycles. The van der Waals surface area contributed by atoms with Crippen molar-refractivity contribution in [2.75, 3.05) is 16.6 Å². The van der Waals surface area contributed by atoms with Crippen LogP contribution in [0.1, 0.15) is 40.0 Å². The highest BCUT2D eigenvalue weighted by molar-refractivity contribution is 7.92. The maximum absolute atomic E-state index is 13.2. The summed E-state index contributed by atoms with van der Waals surface area (Å²) in [4.78, 5) is 47.0. The van der Waals surface area contributed by atoms with Crippen LogP contribution in [0.4, 0.5) is 16.4 Å². The molecule has 3 N–H and O–H groups in total. The lowest BCUT2D eigenvalue weighted by Crippen LogP contribution is -2.54. The lowest BCUT2D eigenvalue weighted by atomic mass is 9.64. The van der Waals surface area contributed by atoms with E-state index in [-0.39, 0.29) is 28.1 Å². The molecule has 0 bridgehead atoms. The van der Waals surface area contributed by atoms with E-state index in [1.807, 2.05) is 0 Å². The van der Waals surface area contributed by atoms with Crippen LogP contribution >= 0.6 is 0 Å². The predicted molar refractivity (Wildman–Crippen MR) is 128 cm³/mol. The Morgan fingerprint density at radius 3 is 2.43 bits per heavy atom. The summed E-state index contributed by atoms with van der Waals surface area (Å²) in [6.45, 7) is 5.77. The topological polar surface area (TPSA) is 150 Å². The Balaban J connectivity index is 1.40. The normalized spacial score (nSPS) is 23.7. The molecule has 4 rings (SSSR count). The molecule has 1 aliphatic carbocycles. The molecule has 186 valence electrons. The Hall–Kier alpha value is -3.54. The molecule has 4 amide bonds. The number of aromatic nitrogens is 2. The number of sulfonamides is 1. The fraction of sp³-hybridized carbons (Fsp3) is 0.435. The Morgan fingerprint density at radius 1 is 1.14 bits per heavy atom. The van der Waals surface area contributed by atoms with Crippen molar-refractivity contribution in [3.8, 4) is 0 Å². The van der Waals surface area contributed by atoms with Crippen molar-refractivity contribution in [1.82, 2.24) is 20.2 Å². The first-order valence-corrected chi connectivity index (χ1v) is 12.7. The standard InChI is InChI=1S/C23H28N6O5S/c1-15-11-22(2,3)14-23(12-15)19(31)29(21(32)27-23)13-18(30)26-16-5-7-17(8-6-16)35(33,34)28-20-24-9-4-10-25-20/h4-10,15H,11-14H2,1-3H3,(H,26,30)(H,27,32)(H,24,25,28)/t15-,23-/m1/s1. The molecule has 1 saturated carbocycles. The zero-order valence-electron chi connectivity index (χ0n) is 19.7. The SMILES string of the molecule is C[C@@H]1CC(C)(C)C[C@@]2(C1)NC(=O)N(CC(=O)Nc1ccc(S(=O)(=O)Nc3ncccn3)cc1)C2=O. The molecular weight excluding hydrogens is 472 g/mol. The highest BCUT2D eigenvalue weighted by Gasteiger charge is 2.56. The smallest absolute Gasteiger partial charge is 0.325 e. The number of imide groups is 1. The summed E-state index contributed by atoms with van der Waals surface area (Å²) >= 11 is 0. The van der Waals surface area contributed by atoms with Gasteiger partial charge < -0.3 is 10.6 Å². The minimum Gasteiger partial charge on any atom is -0.325 e. The van der Waals surface area contributed by atoms with Crippen LogP contribution in [-0.2, 0) is 19.6 Å². The second kappa shape index (κ2) is 8.91. The first kappa shape index (κ1) is 24.6. The van der Waals surface area contributed by atoms with E-state index in [1.165, 1.54) is 36.7 Å². The van der Waals surface area contributed by atoms with Crippen molar-refractivity contribution in [2.24, 2.45) is 11.3 Å². The Morgan fingerprint density at radius 2 is 1.80 bits per heavy atom. The van der Waals surface area contributed by atoms with Crippen LogP contribution in [0.2, 0.25) is 0 Å². The number of anilines is 2. The fourth-order valence-electron chi connectivity index (χ4n) is 5.24. The van der Waals surface area contributed by atoms with Crippen LogP contribution in [0, 0.1) is 11.3 Å². The van der Waals surface area contributed by atoms with Gasteiger partial charge in [-0.15, -0.1) is 0 Å². The summed E-state index contributed by atoms with van der Waals surface area (Å²) in [5.41, 5.74) is -0.772. The van der Waals surface area contributed by atoms with Gasteiger partial charge >= 0.3 is 6.03 Å². The van der Waals surface area contributed by atoms with Gasteiger partial charge in [0, 0.05) is 18.1 Å². The zero-order valence-corrected chi connectivity index (χ0v) is 20.6. The Kier molecular flexibility index (Phi) is 6.26. The third-order valence-electron chi connectivity index (χ3n) is 6.17. The van der Waals surface area contributed by atoms with Gasteiger partial charge in [0.2, 0.25) is 11.9 Å². The molecule has 2 fully saturated rings. The predicted octanol–water partition coefficient (Wildman–Crippen LogP) is 2.35. The van der Waals surface area contributed by atoms with Crippen molar-refractivity contribution < 1.29 is 22.8 Å². The number of nitrogens with zero attached hydrogens (tertiary/aromatic N) is 3. The Labute approximate surface area is 203 Å². The van der Waals surface area contributed by atoms with E-state index in [0.29, 0.717) is 18.5 Å². The van der Waals surface area contributed by atoms with E-state index >= 15 is 0 Å². The third kappa shape index (κ3) is 5.26. The van der Waals surface area contributed by atoms with Gasteiger partial charge in [-0.25, -0.2) is 27.9 Å². The summed E-state index contributed by atoms with van der Waals surface area (Å²) in [5, 5.41) is 5.44. The number of benzene rings is 1. The molecule has 2 atom stereocenters. The lowest BCUT2D eigenvalue weighted by molar-refractivity contribution is -0.136. The fourth-order valence-corrected chi connectivity index (χ4v) is 6.20. The van der Waals surface area contributed by atoms with Crippen LogP contribution in [0.5, 0.6) is 0 Å². The van der Waals surface area contributed by atoms with Crippen LogP contribution < -0.4 is 15.4 Å². The van der Waals surface area contributed by atoms with Crippen molar-refractivity contribution in [3.05, 3.63) is 42.7 Å². The average Bonchev–Trinajstić information content (AvgIpc) is 2.96. The van der Waals surface area contributed by atoms with Gasteiger partial charge in [0.1, 0.15) is 12.1 Å². The zero-order chi connectivity index (χ0) is 25.4. The van der Waals surface area contributed by atoms with E-state index in [0.717, 1.165) is 11.3 Å². The van der Waals surface area contributed by atoms with Crippen molar-refractivity contribution >= 4 is 39.5 Å². The minimum atomic E-state index is -3.92. The van der Waals surface area contributed by atoms with Crippen molar-refractivity contribution in [3.63, 3.8) is 0 Å². The molecule has 1 aliphatic heterocycles. The molecule has 2 heterocycles. The number of hydrogen-bond acceptors (Lipinski definition) is 7. The number of carbonyl (C=O) groups excluding carboxylic acids is 3. The molecule has 35 heavy (non-hydrogen) atoms. The first-order valence-electron chi connectivity index (χ1n) is 11.2. The quantitative estimate of drug-likeness (QED) is 0.515. The maximum atomic E-state index is 13.2. The monoisotopic (exact) mass is 500 g/mol. The molecule has 1 aromatic heterocycles. The number of nitrogens with one attached hydrogen (secondary N) is 3. The second-order valence-electron chi connectivity index (χ2n) is 10.0. The van der Waals surface area contributed by atoms with Gasteiger partial charge in [-0.3, -0.25) is 14.5 Å².